The molecule has 7 heteroatoms. The summed E-state index contributed by atoms with van der Waals surface area (Å²) >= 11 is 0. The first kappa shape index (κ1) is 22.7. The van der Waals surface area contributed by atoms with E-state index in [9.17, 15) is 13.2 Å². The third kappa shape index (κ3) is 5.22. The maximum atomic E-state index is 13.0. The number of hydrogen-bond acceptors (Lipinski definition) is 4. The molecule has 1 unspecified atom stereocenters. The third-order valence-electron chi connectivity index (χ3n) is 5.54. The van der Waals surface area contributed by atoms with Gasteiger partial charge in [0, 0.05) is 31.2 Å². The van der Waals surface area contributed by atoms with Crippen LogP contribution in [0.3, 0.4) is 0 Å². The Morgan fingerprint density at radius 2 is 1.87 bits per heavy atom. The first-order valence-corrected chi connectivity index (χ1v) is 11.8. The fourth-order valence-corrected chi connectivity index (χ4v) is 5.50. The fourth-order valence-electron chi connectivity index (χ4n) is 3.80. The van der Waals surface area contributed by atoms with Crippen molar-refractivity contribution in [3.8, 4) is 6.07 Å². The summed E-state index contributed by atoms with van der Waals surface area (Å²) in [5.41, 5.74) is 1.87. The van der Waals surface area contributed by atoms with Crippen LogP contribution in [0.5, 0.6) is 0 Å². The number of carbonyl (C=O) groups is 1. The Labute approximate surface area is 184 Å². The molecule has 1 amide bonds. The zero-order valence-electron chi connectivity index (χ0n) is 17.7. The molecule has 1 aliphatic rings. The van der Waals surface area contributed by atoms with Crippen LogP contribution >= 0.6 is 0 Å². The highest BCUT2D eigenvalue weighted by Crippen LogP contribution is 2.25. The number of rotatable bonds is 7. The quantitative estimate of drug-likeness (QED) is 0.614. The van der Waals surface area contributed by atoms with Gasteiger partial charge in [-0.2, -0.15) is 9.57 Å². The van der Waals surface area contributed by atoms with Gasteiger partial charge >= 0.3 is 0 Å². The van der Waals surface area contributed by atoms with Crippen molar-refractivity contribution in [2.75, 3.05) is 13.1 Å². The molecule has 0 bridgehead atoms. The summed E-state index contributed by atoms with van der Waals surface area (Å²) in [6, 6.07) is 15.3. The summed E-state index contributed by atoms with van der Waals surface area (Å²) in [5, 5.41) is 8.94. The average molecular weight is 438 g/mol. The second kappa shape index (κ2) is 9.90. The molecule has 1 heterocycles. The maximum Gasteiger partial charge on any atom is 0.254 e. The monoisotopic (exact) mass is 437 g/mol. The molecule has 162 valence electrons. The van der Waals surface area contributed by atoms with Crippen LogP contribution < -0.4 is 0 Å². The minimum atomic E-state index is -3.57. The van der Waals surface area contributed by atoms with Crippen molar-refractivity contribution in [3.05, 3.63) is 77.9 Å². The summed E-state index contributed by atoms with van der Waals surface area (Å²) in [6.45, 7) is 6.91. The van der Waals surface area contributed by atoms with Gasteiger partial charge < -0.3 is 4.90 Å². The molecule has 6 nitrogen and oxygen atoms in total. The van der Waals surface area contributed by atoms with Crippen molar-refractivity contribution in [2.45, 2.75) is 43.7 Å². The lowest BCUT2D eigenvalue weighted by Gasteiger charge is -2.32. The molecule has 0 N–H and O–H groups in total. The number of amides is 1. The Balaban J connectivity index is 1.78. The first-order chi connectivity index (χ1) is 14.9. The first-order valence-electron chi connectivity index (χ1n) is 10.4. The van der Waals surface area contributed by atoms with Gasteiger partial charge in [0.25, 0.3) is 5.91 Å². The highest BCUT2D eigenvalue weighted by atomic mass is 32.2. The van der Waals surface area contributed by atoms with Crippen LogP contribution in [-0.4, -0.2) is 42.7 Å². The van der Waals surface area contributed by atoms with Crippen LogP contribution in [-0.2, 0) is 16.6 Å². The van der Waals surface area contributed by atoms with Crippen molar-refractivity contribution in [3.63, 3.8) is 0 Å². The highest BCUT2D eigenvalue weighted by Gasteiger charge is 2.31. The molecular weight excluding hydrogens is 410 g/mol. The lowest BCUT2D eigenvalue weighted by molar-refractivity contribution is 0.0762. The molecule has 1 fully saturated rings. The van der Waals surface area contributed by atoms with Gasteiger partial charge in [0.1, 0.15) is 0 Å². The Morgan fingerprint density at radius 3 is 2.45 bits per heavy atom. The van der Waals surface area contributed by atoms with Gasteiger partial charge in [0.2, 0.25) is 10.0 Å². The molecule has 1 saturated heterocycles. The molecule has 0 radical (unpaired) electrons. The number of nitriles is 1. The van der Waals surface area contributed by atoms with Crippen molar-refractivity contribution >= 4 is 15.9 Å². The second-order valence-corrected chi connectivity index (χ2v) is 9.66. The van der Waals surface area contributed by atoms with E-state index in [1.165, 1.54) is 12.1 Å². The summed E-state index contributed by atoms with van der Waals surface area (Å²) in [6.07, 6.45) is 4.42. The van der Waals surface area contributed by atoms with E-state index in [0.29, 0.717) is 30.8 Å². The van der Waals surface area contributed by atoms with Crippen LogP contribution in [0.2, 0.25) is 0 Å². The predicted molar refractivity (Wildman–Crippen MR) is 120 cm³/mol. The SMILES string of the molecule is C=CCN(Cc1ccc(C#N)cc1)C(=O)c1ccc(S(=O)(=O)N2CCCCC2C)cc1. The van der Waals surface area contributed by atoms with Crippen molar-refractivity contribution in [2.24, 2.45) is 0 Å². The van der Waals surface area contributed by atoms with E-state index < -0.39 is 10.0 Å². The van der Waals surface area contributed by atoms with E-state index in [2.05, 4.69) is 12.6 Å². The van der Waals surface area contributed by atoms with Crippen LogP contribution in [0.4, 0.5) is 0 Å². The smallest absolute Gasteiger partial charge is 0.254 e. The van der Waals surface area contributed by atoms with Gasteiger partial charge in [-0.05, 0) is 61.7 Å². The molecule has 1 aliphatic heterocycles. The van der Waals surface area contributed by atoms with E-state index in [1.807, 2.05) is 19.1 Å². The average Bonchev–Trinajstić information content (AvgIpc) is 2.79. The van der Waals surface area contributed by atoms with E-state index in [0.717, 1.165) is 24.8 Å². The Hall–Kier alpha value is -2.95. The van der Waals surface area contributed by atoms with Gasteiger partial charge in [-0.15, -0.1) is 6.58 Å². The van der Waals surface area contributed by atoms with Crippen molar-refractivity contribution < 1.29 is 13.2 Å². The Morgan fingerprint density at radius 1 is 1.19 bits per heavy atom. The lowest BCUT2D eigenvalue weighted by atomic mass is 10.1. The minimum Gasteiger partial charge on any atom is -0.331 e. The van der Waals surface area contributed by atoms with E-state index in [-0.39, 0.29) is 16.8 Å². The van der Waals surface area contributed by atoms with Gasteiger partial charge in [0.15, 0.2) is 0 Å². The van der Waals surface area contributed by atoms with Gasteiger partial charge in [-0.3, -0.25) is 4.79 Å². The van der Waals surface area contributed by atoms with Crippen LogP contribution in [0.25, 0.3) is 0 Å². The molecule has 0 aliphatic carbocycles. The summed E-state index contributed by atoms with van der Waals surface area (Å²) in [7, 11) is -3.57. The largest absolute Gasteiger partial charge is 0.331 e. The number of benzene rings is 2. The normalized spacial score (nSPS) is 17.0. The molecule has 0 aromatic heterocycles. The zero-order valence-corrected chi connectivity index (χ0v) is 18.5. The zero-order chi connectivity index (χ0) is 22.4. The molecule has 1 atom stereocenters. The number of sulfonamides is 1. The summed E-state index contributed by atoms with van der Waals surface area (Å²) < 4.78 is 27.6. The fraction of sp³-hybridized carbons (Fsp3) is 0.333. The second-order valence-electron chi connectivity index (χ2n) is 7.77. The third-order valence-corrected chi connectivity index (χ3v) is 7.57. The standard InChI is InChI=1S/C24H27N3O3S/c1-3-15-26(18-21-9-7-20(17-25)8-10-21)24(28)22-11-13-23(14-12-22)31(29,30)27-16-5-4-6-19(27)2/h3,7-14,19H,1,4-6,15-16,18H2,2H3. The molecule has 0 spiro atoms. The molecular formula is C24H27N3O3S. The number of hydrogen-bond donors (Lipinski definition) is 0. The van der Waals surface area contributed by atoms with E-state index in [4.69, 9.17) is 5.26 Å². The lowest BCUT2D eigenvalue weighted by Crippen LogP contribution is -2.41. The van der Waals surface area contributed by atoms with Crippen molar-refractivity contribution in [1.29, 1.82) is 5.26 Å². The topological polar surface area (TPSA) is 81.5 Å². The molecule has 3 rings (SSSR count). The Kier molecular flexibility index (Phi) is 7.26. The molecule has 2 aromatic rings. The predicted octanol–water partition coefficient (Wildman–Crippen LogP) is 3.95. The molecule has 31 heavy (non-hydrogen) atoms. The molecule has 2 aromatic carbocycles. The maximum absolute atomic E-state index is 13.0. The minimum absolute atomic E-state index is 0.0180. The van der Waals surface area contributed by atoms with Crippen molar-refractivity contribution in [1.82, 2.24) is 9.21 Å². The van der Waals surface area contributed by atoms with E-state index >= 15 is 0 Å². The number of nitrogens with zero attached hydrogens (tertiary/aromatic N) is 3. The molecule has 0 saturated carbocycles. The van der Waals surface area contributed by atoms with Gasteiger partial charge in [-0.1, -0.05) is 24.6 Å². The van der Waals surface area contributed by atoms with Crippen LogP contribution in [0, 0.1) is 11.3 Å². The number of carbonyl (C=O) groups excluding carboxylic acids is 1. The van der Waals surface area contributed by atoms with Crippen LogP contribution in [0.15, 0.2) is 66.1 Å². The highest BCUT2D eigenvalue weighted by molar-refractivity contribution is 7.89. The summed E-state index contributed by atoms with van der Waals surface area (Å²) in [4.78, 5) is 14.9. The Bertz CT molecular complexity index is 1070. The van der Waals surface area contributed by atoms with Gasteiger partial charge in [-0.25, -0.2) is 8.42 Å². The summed E-state index contributed by atoms with van der Waals surface area (Å²) in [5.74, 6) is -0.209. The van der Waals surface area contributed by atoms with Gasteiger partial charge in [0.05, 0.1) is 16.5 Å². The van der Waals surface area contributed by atoms with Crippen LogP contribution in [0.1, 0.15) is 47.7 Å². The van der Waals surface area contributed by atoms with E-state index in [1.54, 1.807) is 39.5 Å². The number of piperidine rings is 1.